The SMILES string of the molecule is CCOC(=O)c1sc(NC(=O)N2CCN(c3ccc([N+](=O)[O-])cc3)CC2)c(C(=O)OCC)c1C. The molecule has 0 spiro atoms. The quantitative estimate of drug-likeness (QED) is 0.353. The Hall–Kier alpha value is -3.67. The number of piperazine rings is 1. The number of non-ortho nitro benzene ring substituents is 1. The van der Waals surface area contributed by atoms with Crippen LogP contribution >= 0.6 is 11.3 Å². The van der Waals surface area contributed by atoms with Crippen LogP contribution in [0.15, 0.2) is 24.3 Å². The summed E-state index contributed by atoms with van der Waals surface area (Å²) in [7, 11) is 0. The molecule has 1 aromatic carbocycles. The molecule has 0 saturated carbocycles. The van der Waals surface area contributed by atoms with Crippen molar-refractivity contribution in [2.45, 2.75) is 20.8 Å². The highest BCUT2D eigenvalue weighted by molar-refractivity contribution is 7.18. The smallest absolute Gasteiger partial charge is 0.348 e. The first kappa shape index (κ1) is 25.0. The third-order valence-electron chi connectivity index (χ3n) is 5.30. The zero-order valence-electron chi connectivity index (χ0n) is 19.2. The maximum absolute atomic E-state index is 12.9. The molecule has 0 aliphatic carbocycles. The first-order valence-electron chi connectivity index (χ1n) is 10.8. The summed E-state index contributed by atoms with van der Waals surface area (Å²) < 4.78 is 10.2. The van der Waals surface area contributed by atoms with E-state index in [4.69, 9.17) is 9.47 Å². The lowest BCUT2D eigenvalue weighted by atomic mass is 10.1. The van der Waals surface area contributed by atoms with Crippen LogP contribution in [-0.4, -0.2) is 67.2 Å². The van der Waals surface area contributed by atoms with Gasteiger partial charge in [0.05, 0.1) is 23.7 Å². The van der Waals surface area contributed by atoms with Crippen LogP contribution < -0.4 is 10.2 Å². The molecule has 1 aliphatic rings. The number of nitrogens with zero attached hydrogens (tertiary/aromatic N) is 3. The lowest BCUT2D eigenvalue weighted by molar-refractivity contribution is -0.384. The number of carbonyl (C=O) groups excluding carboxylic acids is 3. The summed E-state index contributed by atoms with van der Waals surface area (Å²) in [5.41, 5.74) is 1.41. The number of nitrogens with one attached hydrogen (secondary N) is 1. The van der Waals surface area contributed by atoms with Crippen molar-refractivity contribution in [1.82, 2.24) is 4.90 Å². The molecule has 0 radical (unpaired) electrons. The number of nitro benzene ring substituents is 1. The van der Waals surface area contributed by atoms with Gasteiger partial charge in [-0.1, -0.05) is 0 Å². The Bertz CT molecular complexity index is 1080. The molecule has 1 aliphatic heterocycles. The van der Waals surface area contributed by atoms with Crippen molar-refractivity contribution in [1.29, 1.82) is 0 Å². The monoisotopic (exact) mass is 490 g/mol. The second-order valence-corrected chi connectivity index (χ2v) is 8.40. The molecular weight excluding hydrogens is 464 g/mol. The van der Waals surface area contributed by atoms with Gasteiger partial charge in [0.1, 0.15) is 9.88 Å². The van der Waals surface area contributed by atoms with Gasteiger partial charge >= 0.3 is 18.0 Å². The number of benzene rings is 1. The average molecular weight is 491 g/mol. The number of anilines is 2. The van der Waals surface area contributed by atoms with Crippen molar-refractivity contribution in [3.05, 3.63) is 50.4 Å². The van der Waals surface area contributed by atoms with Crippen LogP contribution in [0.4, 0.5) is 21.2 Å². The molecule has 1 N–H and O–H groups in total. The Labute approximate surface area is 200 Å². The van der Waals surface area contributed by atoms with Gasteiger partial charge in [0.15, 0.2) is 0 Å². The van der Waals surface area contributed by atoms with Gasteiger partial charge in [-0.25, -0.2) is 14.4 Å². The Kier molecular flexibility index (Phi) is 8.05. The zero-order chi connectivity index (χ0) is 24.8. The number of thiophene rings is 1. The Morgan fingerprint density at radius 2 is 1.62 bits per heavy atom. The molecular formula is C22H26N4O7S. The molecule has 3 rings (SSSR count). The van der Waals surface area contributed by atoms with Gasteiger partial charge < -0.3 is 19.3 Å². The van der Waals surface area contributed by atoms with E-state index in [0.29, 0.717) is 31.7 Å². The van der Waals surface area contributed by atoms with Crippen molar-refractivity contribution in [2.24, 2.45) is 0 Å². The molecule has 34 heavy (non-hydrogen) atoms. The Morgan fingerprint density at radius 1 is 1.03 bits per heavy atom. The van der Waals surface area contributed by atoms with Crippen molar-refractivity contribution in [3.63, 3.8) is 0 Å². The highest BCUT2D eigenvalue weighted by Gasteiger charge is 2.29. The summed E-state index contributed by atoms with van der Waals surface area (Å²) in [6.07, 6.45) is 0. The van der Waals surface area contributed by atoms with Crippen molar-refractivity contribution in [3.8, 4) is 0 Å². The summed E-state index contributed by atoms with van der Waals surface area (Å²) in [4.78, 5) is 52.0. The maximum atomic E-state index is 12.9. The molecule has 1 saturated heterocycles. The van der Waals surface area contributed by atoms with E-state index in [-0.39, 0.29) is 34.3 Å². The van der Waals surface area contributed by atoms with E-state index >= 15 is 0 Å². The van der Waals surface area contributed by atoms with Gasteiger partial charge in [0.2, 0.25) is 0 Å². The highest BCUT2D eigenvalue weighted by atomic mass is 32.1. The number of rotatable bonds is 7. The van der Waals surface area contributed by atoms with E-state index < -0.39 is 22.9 Å². The number of urea groups is 1. The second kappa shape index (κ2) is 11.0. The molecule has 12 heteroatoms. The van der Waals surface area contributed by atoms with Gasteiger partial charge in [0, 0.05) is 44.0 Å². The van der Waals surface area contributed by atoms with E-state index in [1.165, 1.54) is 12.1 Å². The molecule has 2 amide bonds. The van der Waals surface area contributed by atoms with Crippen LogP contribution in [0, 0.1) is 17.0 Å². The van der Waals surface area contributed by atoms with Gasteiger partial charge in [-0.05, 0) is 38.5 Å². The maximum Gasteiger partial charge on any atom is 0.348 e. The van der Waals surface area contributed by atoms with Crippen LogP contribution in [0.25, 0.3) is 0 Å². The van der Waals surface area contributed by atoms with Crippen molar-refractivity contribution < 1.29 is 28.8 Å². The Balaban J connectivity index is 1.70. The van der Waals surface area contributed by atoms with Crippen LogP contribution in [0.5, 0.6) is 0 Å². The van der Waals surface area contributed by atoms with Gasteiger partial charge in [-0.3, -0.25) is 15.4 Å². The summed E-state index contributed by atoms with van der Waals surface area (Å²) in [6.45, 7) is 7.21. The van der Waals surface area contributed by atoms with Gasteiger partial charge in [-0.2, -0.15) is 0 Å². The first-order valence-corrected chi connectivity index (χ1v) is 11.6. The summed E-state index contributed by atoms with van der Waals surface area (Å²) in [5.74, 6) is -1.18. The average Bonchev–Trinajstić information content (AvgIpc) is 3.15. The van der Waals surface area contributed by atoms with E-state index in [1.807, 2.05) is 4.90 Å². The summed E-state index contributed by atoms with van der Waals surface area (Å²) in [5, 5.41) is 13.8. The number of carbonyl (C=O) groups is 3. The minimum Gasteiger partial charge on any atom is -0.462 e. The molecule has 0 unspecified atom stereocenters. The number of nitro groups is 1. The summed E-state index contributed by atoms with van der Waals surface area (Å²) >= 11 is 0.982. The van der Waals surface area contributed by atoms with Crippen LogP contribution in [0.1, 0.15) is 39.4 Å². The first-order chi connectivity index (χ1) is 16.3. The molecule has 11 nitrogen and oxygen atoms in total. The molecule has 2 heterocycles. The van der Waals surface area contributed by atoms with E-state index in [2.05, 4.69) is 5.32 Å². The fraction of sp³-hybridized carbons (Fsp3) is 0.409. The van der Waals surface area contributed by atoms with Gasteiger partial charge in [0.25, 0.3) is 5.69 Å². The van der Waals surface area contributed by atoms with Crippen molar-refractivity contribution in [2.75, 3.05) is 49.6 Å². The minimum atomic E-state index is -0.620. The normalized spacial score (nSPS) is 13.4. The lowest BCUT2D eigenvalue weighted by Gasteiger charge is -2.36. The number of hydrogen-bond acceptors (Lipinski definition) is 9. The Morgan fingerprint density at radius 3 is 2.18 bits per heavy atom. The van der Waals surface area contributed by atoms with Crippen LogP contribution in [-0.2, 0) is 9.47 Å². The molecule has 182 valence electrons. The highest BCUT2D eigenvalue weighted by Crippen LogP contribution is 2.34. The predicted octanol–water partition coefficient (Wildman–Crippen LogP) is 3.67. The van der Waals surface area contributed by atoms with E-state index in [0.717, 1.165) is 17.0 Å². The van der Waals surface area contributed by atoms with Crippen LogP contribution in [0.3, 0.4) is 0 Å². The fourth-order valence-corrected chi connectivity index (χ4v) is 4.65. The fourth-order valence-electron chi connectivity index (χ4n) is 3.57. The molecule has 1 aromatic heterocycles. The number of esters is 2. The predicted molar refractivity (Wildman–Crippen MR) is 127 cm³/mol. The number of amides is 2. The summed E-state index contributed by atoms with van der Waals surface area (Å²) in [6, 6.07) is 5.87. The number of hydrogen-bond donors (Lipinski definition) is 1. The molecule has 0 atom stereocenters. The number of ether oxygens (including phenoxy) is 2. The largest absolute Gasteiger partial charge is 0.462 e. The van der Waals surface area contributed by atoms with Crippen LogP contribution in [0.2, 0.25) is 0 Å². The van der Waals surface area contributed by atoms with Gasteiger partial charge in [-0.15, -0.1) is 11.3 Å². The minimum absolute atomic E-state index is 0.0209. The molecule has 1 fully saturated rings. The molecule has 2 aromatic rings. The topological polar surface area (TPSA) is 131 Å². The van der Waals surface area contributed by atoms with E-state index in [1.54, 1.807) is 37.8 Å². The third kappa shape index (κ3) is 5.45. The van der Waals surface area contributed by atoms with Crippen molar-refractivity contribution >= 4 is 45.7 Å². The third-order valence-corrected chi connectivity index (χ3v) is 6.49. The standard InChI is InChI=1S/C22H26N4O7S/c1-4-32-20(27)17-14(3)18(21(28)33-5-2)34-19(17)23-22(29)25-12-10-24(11-13-25)15-6-8-16(9-7-15)26(30)31/h6-9H,4-5,10-13H2,1-3H3,(H,23,29). The van der Waals surface area contributed by atoms with E-state index in [9.17, 15) is 24.5 Å². The zero-order valence-corrected chi connectivity index (χ0v) is 20.0. The second-order valence-electron chi connectivity index (χ2n) is 7.38. The molecule has 0 bridgehead atoms. The lowest BCUT2D eigenvalue weighted by Crippen LogP contribution is -2.50.